The van der Waals surface area contributed by atoms with Gasteiger partial charge in [0.2, 0.25) is 11.8 Å². The lowest BCUT2D eigenvalue weighted by Gasteiger charge is -2.29. The van der Waals surface area contributed by atoms with Gasteiger partial charge in [-0.1, -0.05) is 0 Å². The maximum absolute atomic E-state index is 12.1. The minimum Gasteiger partial charge on any atom is -0.489 e. The zero-order valence-corrected chi connectivity index (χ0v) is 12.6. The first-order valence-corrected chi connectivity index (χ1v) is 7.26. The first-order chi connectivity index (χ1) is 11.0. The number of hydrazone groups is 1. The molecule has 2 N–H and O–H groups in total. The average Bonchev–Trinajstić information content (AvgIpc) is 2.54. The monoisotopic (exact) mass is 316 g/mol. The van der Waals surface area contributed by atoms with E-state index in [9.17, 15) is 14.4 Å². The minimum absolute atomic E-state index is 0.0568. The van der Waals surface area contributed by atoms with Gasteiger partial charge in [-0.15, -0.1) is 0 Å². The molecular weight excluding hydrogens is 300 g/mol. The lowest BCUT2D eigenvalue weighted by atomic mass is 10.1. The molecule has 0 aromatic heterocycles. The Morgan fingerprint density at radius 3 is 2.87 bits per heavy atom. The van der Waals surface area contributed by atoms with Crippen LogP contribution in [0.2, 0.25) is 0 Å². The minimum atomic E-state index is -0.371. The highest BCUT2D eigenvalue weighted by Crippen LogP contribution is 2.34. The van der Waals surface area contributed by atoms with Crippen LogP contribution >= 0.6 is 0 Å². The fourth-order valence-electron chi connectivity index (χ4n) is 2.47. The average molecular weight is 316 g/mol. The van der Waals surface area contributed by atoms with Crippen LogP contribution in [-0.2, 0) is 14.4 Å². The third kappa shape index (κ3) is 3.15. The molecule has 2 aliphatic heterocycles. The van der Waals surface area contributed by atoms with E-state index in [0.29, 0.717) is 36.7 Å². The Labute approximate surface area is 132 Å². The molecule has 1 aromatic rings. The molecule has 2 heterocycles. The lowest BCUT2D eigenvalue weighted by Crippen LogP contribution is -2.36. The second-order valence-corrected chi connectivity index (χ2v) is 5.25. The SMILES string of the molecule is CC(=O)N1CCOc2cc(NC(=O)C3=NNC(=O)CC3)ccc21. The normalized spacial score (nSPS) is 16.7. The number of ether oxygens (including phenoxy) is 1. The number of nitrogens with one attached hydrogen (secondary N) is 2. The summed E-state index contributed by atoms with van der Waals surface area (Å²) >= 11 is 0. The van der Waals surface area contributed by atoms with E-state index < -0.39 is 0 Å². The number of nitrogens with zero attached hydrogens (tertiary/aromatic N) is 2. The summed E-state index contributed by atoms with van der Waals surface area (Å²) in [5, 5.41) is 6.47. The summed E-state index contributed by atoms with van der Waals surface area (Å²) in [4.78, 5) is 36.4. The van der Waals surface area contributed by atoms with Gasteiger partial charge in [-0.2, -0.15) is 5.10 Å². The van der Waals surface area contributed by atoms with E-state index in [4.69, 9.17) is 4.74 Å². The van der Waals surface area contributed by atoms with Gasteiger partial charge in [-0.3, -0.25) is 14.4 Å². The van der Waals surface area contributed by atoms with Crippen LogP contribution in [-0.4, -0.2) is 36.6 Å². The fraction of sp³-hybridized carbons (Fsp3) is 0.333. The van der Waals surface area contributed by atoms with Gasteiger partial charge in [0.1, 0.15) is 18.1 Å². The molecule has 2 aliphatic rings. The first-order valence-electron chi connectivity index (χ1n) is 7.26. The van der Waals surface area contributed by atoms with Crippen LogP contribution in [0.4, 0.5) is 11.4 Å². The Morgan fingerprint density at radius 2 is 2.17 bits per heavy atom. The predicted octanol–water partition coefficient (Wildman–Crippen LogP) is 0.636. The summed E-state index contributed by atoms with van der Waals surface area (Å²) in [6.07, 6.45) is 0.546. The number of carbonyl (C=O) groups is 3. The van der Waals surface area contributed by atoms with Crippen LogP contribution in [0.5, 0.6) is 5.75 Å². The number of benzene rings is 1. The molecule has 8 heteroatoms. The molecule has 23 heavy (non-hydrogen) atoms. The predicted molar refractivity (Wildman–Crippen MR) is 83.4 cm³/mol. The number of fused-ring (bicyclic) bond motifs is 1. The second kappa shape index (κ2) is 6.07. The Morgan fingerprint density at radius 1 is 1.35 bits per heavy atom. The molecule has 3 rings (SSSR count). The molecule has 0 saturated carbocycles. The number of anilines is 2. The van der Waals surface area contributed by atoms with E-state index in [1.165, 1.54) is 6.92 Å². The van der Waals surface area contributed by atoms with Gasteiger partial charge < -0.3 is 15.0 Å². The van der Waals surface area contributed by atoms with E-state index >= 15 is 0 Å². The topological polar surface area (TPSA) is 100 Å². The van der Waals surface area contributed by atoms with Crippen molar-refractivity contribution in [2.45, 2.75) is 19.8 Å². The van der Waals surface area contributed by atoms with Gasteiger partial charge in [0, 0.05) is 31.5 Å². The number of rotatable bonds is 2. The summed E-state index contributed by atoms with van der Waals surface area (Å²) < 4.78 is 5.55. The van der Waals surface area contributed by atoms with Crippen LogP contribution < -0.4 is 20.4 Å². The highest BCUT2D eigenvalue weighted by atomic mass is 16.5. The van der Waals surface area contributed by atoms with E-state index in [1.807, 2.05) is 0 Å². The lowest BCUT2D eigenvalue weighted by molar-refractivity contribution is -0.121. The Kier molecular flexibility index (Phi) is 3.96. The Hall–Kier alpha value is -2.90. The molecule has 0 atom stereocenters. The summed E-state index contributed by atoms with van der Waals surface area (Å²) in [5.41, 5.74) is 3.78. The quantitative estimate of drug-likeness (QED) is 0.836. The van der Waals surface area contributed by atoms with Crippen molar-refractivity contribution in [3.05, 3.63) is 18.2 Å². The number of hydrogen-bond donors (Lipinski definition) is 2. The molecule has 1 aromatic carbocycles. The zero-order valence-electron chi connectivity index (χ0n) is 12.6. The molecule has 0 bridgehead atoms. The number of amides is 3. The van der Waals surface area contributed by atoms with Gasteiger partial charge in [-0.05, 0) is 12.1 Å². The smallest absolute Gasteiger partial charge is 0.271 e. The van der Waals surface area contributed by atoms with Crippen LogP contribution in [0.25, 0.3) is 0 Å². The van der Waals surface area contributed by atoms with Gasteiger partial charge in [0.05, 0.1) is 12.2 Å². The van der Waals surface area contributed by atoms with E-state index in [-0.39, 0.29) is 29.9 Å². The summed E-state index contributed by atoms with van der Waals surface area (Å²) in [6, 6.07) is 5.10. The first kappa shape index (κ1) is 15.0. The number of carbonyl (C=O) groups excluding carboxylic acids is 3. The van der Waals surface area contributed by atoms with Crippen molar-refractivity contribution in [1.82, 2.24) is 5.43 Å². The van der Waals surface area contributed by atoms with Gasteiger partial charge >= 0.3 is 0 Å². The molecule has 0 aliphatic carbocycles. The third-order valence-corrected chi connectivity index (χ3v) is 3.63. The maximum Gasteiger partial charge on any atom is 0.271 e. The van der Waals surface area contributed by atoms with E-state index in [2.05, 4.69) is 15.8 Å². The maximum atomic E-state index is 12.1. The molecule has 120 valence electrons. The largest absolute Gasteiger partial charge is 0.489 e. The van der Waals surface area contributed by atoms with Crippen molar-refractivity contribution in [3.8, 4) is 5.75 Å². The summed E-state index contributed by atoms with van der Waals surface area (Å²) in [6.45, 7) is 2.41. The molecule has 0 spiro atoms. The fourth-order valence-corrected chi connectivity index (χ4v) is 2.47. The molecule has 0 fully saturated rings. The summed E-state index contributed by atoms with van der Waals surface area (Å²) in [7, 11) is 0. The highest BCUT2D eigenvalue weighted by molar-refractivity contribution is 6.43. The molecule has 3 amide bonds. The van der Waals surface area contributed by atoms with E-state index in [1.54, 1.807) is 23.1 Å². The van der Waals surface area contributed by atoms with Gasteiger partial charge in [0.15, 0.2) is 0 Å². The summed E-state index contributed by atoms with van der Waals surface area (Å²) in [5.74, 6) is -0.0842. The zero-order chi connectivity index (χ0) is 16.4. The van der Waals surface area contributed by atoms with Crippen LogP contribution in [0.1, 0.15) is 19.8 Å². The molecule has 0 saturated heterocycles. The van der Waals surface area contributed by atoms with Crippen LogP contribution in [0.3, 0.4) is 0 Å². The van der Waals surface area contributed by atoms with E-state index in [0.717, 1.165) is 0 Å². The van der Waals surface area contributed by atoms with Crippen molar-refractivity contribution in [2.75, 3.05) is 23.4 Å². The van der Waals surface area contributed by atoms with Crippen LogP contribution in [0.15, 0.2) is 23.3 Å². The number of hydrogen-bond acceptors (Lipinski definition) is 5. The standard InChI is InChI=1S/C15H16N4O4/c1-9(20)19-6-7-23-13-8-10(2-4-12(13)19)16-15(22)11-3-5-14(21)18-17-11/h2,4,8H,3,5-7H2,1H3,(H,16,22)(H,18,21). The van der Waals surface area contributed by atoms with Crippen molar-refractivity contribution in [1.29, 1.82) is 0 Å². The van der Waals surface area contributed by atoms with Gasteiger partial charge in [0.25, 0.3) is 5.91 Å². The molecule has 8 nitrogen and oxygen atoms in total. The Balaban J connectivity index is 1.76. The van der Waals surface area contributed by atoms with Gasteiger partial charge in [-0.25, -0.2) is 5.43 Å². The van der Waals surface area contributed by atoms with Crippen molar-refractivity contribution >= 4 is 34.8 Å². The van der Waals surface area contributed by atoms with Crippen molar-refractivity contribution in [2.24, 2.45) is 5.10 Å². The molecular formula is C15H16N4O4. The molecule has 0 radical (unpaired) electrons. The second-order valence-electron chi connectivity index (χ2n) is 5.25. The van der Waals surface area contributed by atoms with Crippen molar-refractivity contribution < 1.29 is 19.1 Å². The van der Waals surface area contributed by atoms with Crippen LogP contribution in [0, 0.1) is 0 Å². The Bertz CT molecular complexity index is 713. The van der Waals surface area contributed by atoms with Crippen molar-refractivity contribution in [3.63, 3.8) is 0 Å². The highest BCUT2D eigenvalue weighted by Gasteiger charge is 2.23. The third-order valence-electron chi connectivity index (χ3n) is 3.63. The molecule has 0 unspecified atom stereocenters.